The van der Waals surface area contributed by atoms with Crippen molar-refractivity contribution in [1.29, 1.82) is 0 Å². The lowest BCUT2D eigenvalue weighted by Gasteiger charge is -2.00. The van der Waals surface area contributed by atoms with Crippen molar-refractivity contribution in [2.24, 2.45) is 0 Å². The first-order chi connectivity index (χ1) is 7.70. The van der Waals surface area contributed by atoms with Gasteiger partial charge in [-0.15, -0.1) is 0 Å². The minimum Gasteiger partial charge on any atom is -1.00 e. The first kappa shape index (κ1) is 14.0. The van der Waals surface area contributed by atoms with Gasteiger partial charge >= 0.3 is 5.13 Å². The Morgan fingerprint density at radius 1 is 1.29 bits per heavy atom. The summed E-state index contributed by atoms with van der Waals surface area (Å²) in [6, 6.07) is 7.09. The van der Waals surface area contributed by atoms with E-state index in [1.165, 1.54) is 5.69 Å². The molecule has 2 aromatic rings. The van der Waals surface area contributed by atoms with Gasteiger partial charge in [0.05, 0.1) is 6.54 Å². The van der Waals surface area contributed by atoms with Gasteiger partial charge < -0.3 is 22.1 Å². The summed E-state index contributed by atoms with van der Waals surface area (Å²) in [5.74, 6) is 0.288. The van der Waals surface area contributed by atoms with Gasteiger partial charge in [0.15, 0.2) is 0 Å². The van der Waals surface area contributed by atoms with Gasteiger partial charge in [-0.3, -0.25) is 0 Å². The third kappa shape index (κ3) is 3.20. The predicted molar refractivity (Wildman–Crippen MR) is 66.3 cm³/mol. The highest BCUT2D eigenvalue weighted by atomic mass is 79.9. The summed E-state index contributed by atoms with van der Waals surface area (Å²) in [7, 11) is 0. The molecule has 1 aromatic carbocycles. The highest BCUT2D eigenvalue weighted by Crippen LogP contribution is 2.21. The van der Waals surface area contributed by atoms with Crippen molar-refractivity contribution in [2.75, 3.05) is 5.32 Å². The summed E-state index contributed by atoms with van der Waals surface area (Å²) in [6.07, 6.45) is 0. The first-order valence-electron chi connectivity index (χ1n) is 5.24. The third-order valence-electron chi connectivity index (χ3n) is 2.45. The van der Waals surface area contributed by atoms with E-state index in [2.05, 4.69) is 29.1 Å². The Morgan fingerprint density at radius 3 is 2.53 bits per heavy atom. The molecule has 17 heavy (non-hydrogen) atoms. The van der Waals surface area contributed by atoms with E-state index in [0.29, 0.717) is 0 Å². The molecule has 2 rings (SSSR count). The minimum absolute atomic E-state index is 0. The molecule has 0 bridgehead atoms. The lowest BCUT2D eigenvalue weighted by Crippen LogP contribution is -3.00. The van der Waals surface area contributed by atoms with Crippen molar-refractivity contribution in [1.82, 2.24) is 0 Å². The molecule has 3 nitrogen and oxygen atoms in total. The van der Waals surface area contributed by atoms with Crippen LogP contribution in [0.5, 0.6) is 5.75 Å². The number of hydrogen-bond donors (Lipinski definition) is 2. The maximum Gasteiger partial charge on any atom is 0.339 e. The molecule has 1 heterocycles. The van der Waals surface area contributed by atoms with Crippen LogP contribution in [0, 0.1) is 6.92 Å². The summed E-state index contributed by atoms with van der Waals surface area (Å²) < 4.78 is 2.22. The Balaban J connectivity index is 0.00000144. The van der Waals surface area contributed by atoms with E-state index in [0.717, 1.165) is 17.4 Å². The molecule has 0 amide bonds. The highest BCUT2D eigenvalue weighted by Gasteiger charge is 2.13. The number of benzene rings is 1. The Morgan fingerprint density at radius 2 is 1.94 bits per heavy atom. The predicted octanol–water partition coefficient (Wildman–Crippen LogP) is -0.183. The number of thiazole rings is 1. The lowest BCUT2D eigenvalue weighted by molar-refractivity contribution is -0.681. The van der Waals surface area contributed by atoms with E-state index in [4.69, 9.17) is 0 Å². The molecule has 0 spiro atoms. The second kappa shape index (κ2) is 6.02. The molecule has 0 saturated carbocycles. The van der Waals surface area contributed by atoms with Crippen LogP contribution in [-0.2, 0) is 6.54 Å². The SMILES string of the molecule is CC[n+]1c(C)csc1Nc1ccc(O)cc1.[Br-]. The van der Waals surface area contributed by atoms with Crippen LogP contribution in [0.4, 0.5) is 10.8 Å². The quantitative estimate of drug-likeness (QED) is 0.609. The van der Waals surface area contributed by atoms with Gasteiger partial charge in [-0.05, 0) is 38.1 Å². The zero-order chi connectivity index (χ0) is 11.5. The molecule has 92 valence electrons. The number of nitrogens with zero attached hydrogens (tertiary/aromatic N) is 1. The second-order valence-electron chi connectivity index (χ2n) is 3.60. The molecule has 0 aliphatic carbocycles. The number of phenols is 1. The van der Waals surface area contributed by atoms with E-state index in [-0.39, 0.29) is 22.7 Å². The normalized spacial score (nSPS) is 9.76. The number of nitrogens with one attached hydrogen (secondary N) is 1. The fraction of sp³-hybridized carbons (Fsp3) is 0.250. The van der Waals surface area contributed by atoms with Gasteiger partial charge in [0.25, 0.3) is 0 Å². The van der Waals surface area contributed by atoms with Crippen LogP contribution in [-0.4, -0.2) is 5.11 Å². The molecular formula is C12H15BrN2OS. The van der Waals surface area contributed by atoms with Gasteiger partial charge in [0.2, 0.25) is 0 Å². The molecule has 0 aliphatic heterocycles. The molecule has 0 saturated heterocycles. The maximum absolute atomic E-state index is 9.20. The van der Waals surface area contributed by atoms with Gasteiger partial charge in [-0.1, -0.05) is 11.3 Å². The highest BCUT2D eigenvalue weighted by molar-refractivity contribution is 7.13. The monoisotopic (exact) mass is 314 g/mol. The molecule has 5 heteroatoms. The van der Waals surface area contributed by atoms with Crippen LogP contribution >= 0.6 is 11.3 Å². The molecule has 0 aliphatic rings. The fourth-order valence-corrected chi connectivity index (χ4v) is 2.57. The van der Waals surface area contributed by atoms with Crippen LogP contribution in [0.2, 0.25) is 0 Å². The maximum atomic E-state index is 9.20. The number of anilines is 2. The fourth-order valence-electron chi connectivity index (χ4n) is 1.59. The number of phenolic OH excluding ortho intramolecular Hbond substituents is 1. The van der Waals surface area contributed by atoms with E-state index in [1.54, 1.807) is 23.5 Å². The van der Waals surface area contributed by atoms with Crippen LogP contribution < -0.4 is 26.9 Å². The summed E-state index contributed by atoms with van der Waals surface area (Å²) in [5, 5.41) is 15.8. The number of aromatic nitrogens is 1. The molecule has 0 unspecified atom stereocenters. The molecule has 1 aromatic heterocycles. The molecule has 0 fully saturated rings. The number of rotatable bonds is 3. The van der Waals surface area contributed by atoms with Crippen molar-refractivity contribution < 1.29 is 26.7 Å². The van der Waals surface area contributed by atoms with Gasteiger partial charge in [-0.2, -0.15) is 0 Å². The van der Waals surface area contributed by atoms with Crippen molar-refractivity contribution in [3.63, 3.8) is 0 Å². The van der Waals surface area contributed by atoms with Crippen molar-refractivity contribution >= 4 is 22.2 Å². The summed E-state index contributed by atoms with van der Waals surface area (Å²) in [5.41, 5.74) is 2.25. The zero-order valence-electron chi connectivity index (χ0n) is 9.77. The average Bonchev–Trinajstić information content (AvgIpc) is 2.63. The number of hydrogen-bond acceptors (Lipinski definition) is 3. The van der Waals surface area contributed by atoms with Gasteiger partial charge in [-0.25, -0.2) is 9.88 Å². The topological polar surface area (TPSA) is 36.1 Å². The number of aryl methyl sites for hydroxylation is 1. The van der Waals surface area contributed by atoms with Crippen LogP contribution in [0.25, 0.3) is 0 Å². The van der Waals surface area contributed by atoms with E-state index in [1.807, 2.05) is 12.1 Å². The summed E-state index contributed by atoms with van der Waals surface area (Å²) in [4.78, 5) is 0. The number of aromatic hydroxyl groups is 1. The summed E-state index contributed by atoms with van der Waals surface area (Å²) in [6.45, 7) is 5.18. The Labute approximate surface area is 116 Å². The average molecular weight is 315 g/mol. The van der Waals surface area contributed by atoms with Crippen LogP contribution in [0.15, 0.2) is 29.6 Å². The Bertz CT molecular complexity index is 482. The Hall–Kier alpha value is -1.07. The lowest BCUT2D eigenvalue weighted by atomic mass is 10.3. The van der Waals surface area contributed by atoms with Crippen LogP contribution in [0.3, 0.4) is 0 Å². The molecule has 0 atom stereocenters. The standard InChI is InChI=1S/C12H14N2OS.BrH/c1-3-14-9(2)8-16-12(14)13-10-4-6-11(15)7-5-10;/h4-8,15H,3H2,1-2H3;1H. The van der Waals surface area contributed by atoms with Crippen LogP contribution in [0.1, 0.15) is 12.6 Å². The van der Waals surface area contributed by atoms with Crippen molar-refractivity contribution in [3.8, 4) is 5.75 Å². The van der Waals surface area contributed by atoms with Gasteiger partial charge in [0, 0.05) is 5.38 Å². The Kier molecular flexibility index (Phi) is 4.96. The van der Waals surface area contributed by atoms with Gasteiger partial charge in [0.1, 0.15) is 17.1 Å². The smallest absolute Gasteiger partial charge is 0.339 e. The molecular weight excluding hydrogens is 300 g/mol. The minimum atomic E-state index is 0. The van der Waals surface area contributed by atoms with Crippen molar-refractivity contribution in [2.45, 2.75) is 20.4 Å². The second-order valence-corrected chi connectivity index (χ2v) is 4.46. The molecule has 0 radical (unpaired) electrons. The zero-order valence-corrected chi connectivity index (χ0v) is 12.2. The molecule has 2 N–H and O–H groups in total. The van der Waals surface area contributed by atoms with E-state index in [9.17, 15) is 5.11 Å². The first-order valence-corrected chi connectivity index (χ1v) is 6.12. The third-order valence-corrected chi connectivity index (χ3v) is 3.45. The number of halogens is 1. The van der Waals surface area contributed by atoms with E-state index < -0.39 is 0 Å². The summed E-state index contributed by atoms with van der Waals surface area (Å²) >= 11 is 1.69. The van der Waals surface area contributed by atoms with E-state index >= 15 is 0 Å². The largest absolute Gasteiger partial charge is 1.00 e. The van der Waals surface area contributed by atoms with Crippen molar-refractivity contribution in [3.05, 3.63) is 35.3 Å².